The number of nitrogens with one attached hydrogen (secondary N) is 1. The summed E-state index contributed by atoms with van der Waals surface area (Å²) >= 11 is 0. The Hall–Kier alpha value is -2.36. The number of anilines is 1. The third-order valence-corrected chi connectivity index (χ3v) is 3.43. The molecule has 2 aromatic rings. The first-order valence-corrected chi connectivity index (χ1v) is 6.83. The third kappa shape index (κ3) is 3.40. The van der Waals surface area contributed by atoms with Crippen molar-refractivity contribution in [3.63, 3.8) is 0 Å². The lowest BCUT2D eigenvalue weighted by atomic mass is 10.1. The number of methoxy groups -OCH3 is 2. The minimum absolute atomic E-state index is 0.0520. The molecule has 0 saturated carbocycles. The van der Waals surface area contributed by atoms with E-state index in [1.54, 1.807) is 20.3 Å². The quantitative estimate of drug-likeness (QED) is 0.876. The van der Waals surface area contributed by atoms with Crippen LogP contribution in [0.4, 0.5) is 5.69 Å². The molecule has 0 heterocycles. The van der Waals surface area contributed by atoms with Crippen molar-refractivity contribution in [1.82, 2.24) is 0 Å². The summed E-state index contributed by atoms with van der Waals surface area (Å²) in [5.74, 6) is 1.42. The molecule has 112 valence electrons. The molecule has 0 fully saturated rings. The SMILES string of the molecule is COc1cc(C(C)Nc2ccc(C)cc2OC)ccc1O. The van der Waals surface area contributed by atoms with E-state index in [1.165, 1.54) is 0 Å². The summed E-state index contributed by atoms with van der Waals surface area (Å²) in [6.07, 6.45) is 0. The molecule has 0 amide bonds. The van der Waals surface area contributed by atoms with Gasteiger partial charge in [0.15, 0.2) is 11.5 Å². The molecule has 1 atom stereocenters. The summed E-state index contributed by atoms with van der Waals surface area (Å²) in [6, 6.07) is 11.4. The van der Waals surface area contributed by atoms with Gasteiger partial charge in [-0.1, -0.05) is 12.1 Å². The molecular weight excluding hydrogens is 266 g/mol. The fraction of sp³-hybridized carbons (Fsp3) is 0.294. The predicted molar refractivity (Wildman–Crippen MR) is 84.4 cm³/mol. The first-order chi connectivity index (χ1) is 10.0. The van der Waals surface area contributed by atoms with Crippen molar-refractivity contribution in [2.24, 2.45) is 0 Å². The van der Waals surface area contributed by atoms with Crippen LogP contribution in [0.25, 0.3) is 0 Å². The Morgan fingerprint density at radius 3 is 2.38 bits per heavy atom. The van der Waals surface area contributed by atoms with Gasteiger partial charge in [0.05, 0.1) is 19.9 Å². The Bertz CT molecular complexity index is 625. The summed E-state index contributed by atoms with van der Waals surface area (Å²) in [7, 11) is 3.20. The predicted octanol–water partition coefficient (Wildman–Crippen LogP) is 3.89. The lowest BCUT2D eigenvalue weighted by molar-refractivity contribution is 0.372. The highest BCUT2D eigenvalue weighted by molar-refractivity contribution is 5.59. The van der Waals surface area contributed by atoms with Crippen LogP contribution in [0.15, 0.2) is 36.4 Å². The minimum Gasteiger partial charge on any atom is -0.504 e. The standard InChI is InChI=1S/C17H21NO3/c1-11-5-7-14(16(9-11)20-3)18-12(2)13-6-8-15(19)17(10-13)21-4/h5-10,12,18-19H,1-4H3. The topological polar surface area (TPSA) is 50.7 Å². The van der Waals surface area contributed by atoms with E-state index in [4.69, 9.17) is 9.47 Å². The van der Waals surface area contributed by atoms with Gasteiger partial charge >= 0.3 is 0 Å². The van der Waals surface area contributed by atoms with Crippen molar-refractivity contribution in [1.29, 1.82) is 0 Å². The van der Waals surface area contributed by atoms with Gasteiger partial charge in [-0.2, -0.15) is 0 Å². The number of benzene rings is 2. The molecule has 0 bridgehead atoms. The average molecular weight is 287 g/mol. The molecule has 2 aromatic carbocycles. The Kier molecular flexibility index (Phi) is 4.58. The van der Waals surface area contributed by atoms with Crippen molar-refractivity contribution in [2.45, 2.75) is 19.9 Å². The highest BCUT2D eigenvalue weighted by Crippen LogP contribution is 2.32. The zero-order chi connectivity index (χ0) is 15.4. The number of hydrogen-bond acceptors (Lipinski definition) is 4. The largest absolute Gasteiger partial charge is 0.504 e. The lowest BCUT2D eigenvalue weighted by Crippen LogP contribution is -2.08. The van der Waals surface area contributed by atoms with Gasteiger partial charge in [-0.15, -0.1) is 0 Å². The fourth-order valence-electron chi connectivity index (χ4n) is 2.20. The molecule has 0 aliphatic carbocycles. The average Bonchev–Trinajstić information content (AvgIpc) is 2.49. The number of rotatable bonds is 5. The third-order valence-electron chi connectivity index (χ3n) is 3.43. The first kappa shape index (κ1) is 15.0. The molecule has 0 aliphatic heterocycles. The highest BCUT2D eigenvalue weighted by Gasteiger charge is 2.11. The number of aromatic hydroxyl groups is 1. The van der Waals surface area contributed by atoms with E-state index in [0.717, 1.165) is 22.6 Å². The molecular formula is C17H21NO3. The molecule has 0 radical (unpaired) electrons. The van der Waals surface area contributed by atoms with Crippen LogP contribution < -0.4 is 14.8 Å². The van der Waals surface area contributed by atoms with Gasteiger partial charge in [0.1, 0.15) is 5.75 Å². The molecule has 2 rings (SSSR count). The maximum absolute atomic E-state index is 9.65. The fourth-order valence-corrected chi connectivity index (χ4v) is 2.20. The molecule has 0 spiro atoms. The van der Waals surface area contributed by atoms with Gasteiger partial charge in [0.2, 0.25) is 0 Å². The van der Waals surface area contributed by atoms with Gasteiger partial charge < -0.3 is 19.9 Å². The van der Waals surface area contributed by atoms with Crippen LogP contribution in [-0.4, -0.2) is 19.3 Å². The van der Waals surface area contributed by atoms with Crippen LogP contribution in [0.2, 0.25) is 0 Å². The van der Waals surface area contributed by atoms with Gasteiger partial charge in [-0.25, -0.2) is 0 Å². The van der Waals surface area contributed by atoms with Crippen molar-refractivity contribution in [2.75, 3.05) is 19.5 Å². The number of phenolic OH excluding ortho intramolecular Hbond substituents is 1. The van der Waals surface area contributed by atoms with Crippen LogP contribution in [-0.2, 0) is 0 Å². The van der Waals surface area contributed by atoms with Gasteiger partial charge in [0.25, 0.3) is 0 Å². The zero-order valence-electron chi connectivity index (χ0n) is 12.8. The van der Waals surface area contributed by atoms with Crippen molar-refractivity contribution >= 4 is 5.69 Å². The summed E-state index contributed by atoms with van der Waals surface area (Å²) in [5.41, 5.74) is 3.10. The summed E-state index contributed by atoms with van der Waals surface area (Å²) < 4.78 is 10.5. The molecule has 1 unspecified atom stereocenters. The maximum Gasteiger partial charge on any atom is 0.160 e. The van der Waals surface area contributed by atoms with Crippen molar-refractivity contribution in [3.05, 3.63) is 47.5 Å². The number of phenols is 1. The second-order valence-electron chi connectivity index (χ2n) is 5.00. The summed E-state index contributed by atoms with van der Waals surface area (Å²) in [6.45, 7) is 4.08. The summed E-state index contributed by atoms with van der Waals surface area (Å²) in [5, 5.41) is 13.1. The van der Waals surface area contributed by atoms with E-state index in [2.05, 4.69) is 5.32 Å². The second kappa shape index (κ2) is 6.39. The lowest BCUT2D eigenvalue weighted by Gasteiger charge is -2.19. The molecule has 0 saturated heterocycles. The zero-order valence-corrected chi connectivity index (χ0v) is 12.8. The molecule has 4 heteroatoms. The normalized spacial score (nSPS) is 11.8. The van der Waals surface area contributed by atoms with Crippen LogP contribution >= 0.6 is 0 Å². The minimum atomic E-state index is 0.0520. The molecule has 0 aliphatic rings. The van der Waals surface area contributed by atoms with E-state index in [9.17, 15) is 5.11 Å². The highest BCUT2D eigenvalue weighted by atomic mass is 16.5. The van der Waals surface area contributed by atoms with Gasteiger partial charge in [-0.05, 0) is 49.2 Å². The molecule has 2 N–H and O–H groups in total. The number of ether oxygens (including phenoxy) is 2. The maximum atomic E-state index is 9.65. The monoisotopic (exact) mass is 287 g/mol. The van der Waals surface area contributed by atoms with Gasteiger partial charge in [0, 0.05) is 6.04 Å². The van der Waals surface area contributed by atoms with E-state index in [1.807, 2.05) is 44.2 Å². The number of aryl methyl sites for hydroxylation is 1. The van der Waals surface area contributed by atoms with E-state index < -0.39 is 0 Å². The molecule has 0 aromatic heterocycles. The van der Waals surface area contributed by atoms with Crippen LogP contribution in [0.1, 0.15) is 24.1 Å². The van der Waals surface area contributed by atoms with E-state index in [-0.39, 0.29) is 11.8 Å². The van der Waals surface area contributed by atoms with Crippen molar-refractivity contribution < 1.29 is 14.6 Å². The van der Waals surface area contributed by atoms with E-state index in [0.29, 0.717) is 5.75 Å². The van der Waals surface area contributed by atoms with Gasteiger partial charge in [-0.3, -0.25) is 0 Å². The van der Waals surface area contributed by atoms with Crippen LogP contribution in [0.5, 0.6) is 17.2 Å². The Morgan fingerprint density at radius 2 is 1.71 bits per heavy atom. The van der Waals surface area contributed by atoms with Crippen LogP contribution in [0.3, 0.4) is 0 Å². The molecule has 4 nitrogen and oxygen atoms in total. The second-order valence-corrected chi connectivity index (χ2v) is 5.00. The van der Waals surface area contributed by atoms with Crippen LogP contribution in [0, 0.1) is 6.92 Å². The smallest absolute Gasteiger partial charge is 0.160 e. The van der Waals surface area contributed by atoms with E-state index >= 15 is 0 Å². The summed E-state index contributed by atoms with van der Waals surface area (Å²) in [4.78, 5) is 0. The number of hydrogen-bond donors (Lipinski definition) is 2. The van der Waals surface area contributed by atoms with Crippen molar-refractivity contribution in [3.8, 4) is 17.2 Å². The Morgan fingerprint density at radius 1 is 1.00 bits per heavy atom. The Balaban J connectivity index is 2.23. The molecule has 21 heavy (non-hydrogen) atoms. The Labute approximate surface area is 125 Å². The first-order valence-electron chi connectivity index (χ1n) is 6.83.